The summed E-state index contributed by atoms with van der Waals surface area (Å²) in [4.78, 5) is 25.8. The molecular formula is C39H36ClF4N3O6S. The number of nitrogens with zero attached hydrogens (tertiary/aromatic N) is 3. The van der Waals surface area contributed by atoms with E-state index in [0.29, 0.717) is 15.8 Å². The third-order valence-electron chi connectivity index (χ3n) is 8.93. The van der Waals surface area contributed by atoms with Crippen molar-refractivity contribution in [3.63, 3.8) is 0 Å². The molecule has 0 bridgehead atoms. The fourth-order valence-electron chi connectivity index (χ4n) is 5.89. The highest BCUT2D eigenvalue weighted by Gasteiger charge is 2.39. The fourth-order valence-corrected chi connectivity index (χ4v) is 7.61. The van der Waals surface area contributed by atoms with Crippen LogP contribution in [-0.2, 0) is 33.3 Å². The first kappa shape index (κ1) is 40.2. The monoisotopic (exact) mass is 785 g/mol. The molecule has 9 nitrogen and oxygen atoms in total. The summed E-state index contributed by atoms with van der Waals surface area (Å²) < 4.78 is 93.9. The van der Waals surface area contributed by atoms with E-state index in [2.05, 4.69) is 6.07 Å². The summed E-state index contributed by atoms with van der Waals surface area (Å²) >= 11 is 5.56. The van der Waals surface area contributed by atoms with E-state index in [9.17, 15) is 37.2 Å². The first-order valence-corrected chi connectivity index (χ1v) is 18.6. The Morgan fingerprint density at radius 2 is 1.65 bits per heavy atom. The Hall–Kier alpha value is -4.97. The molecule has 1 aliphatic rings. The second kappa shape index (κ2) is 15.8. The summed E-state index contributed by atoms with van der Waals surface area (Å²) in [5.41, 5.74) is 2.17. The lowest BCUT2D eigenvalue weighted by atomic mass is 9.84. The van der Waals surface area contributed by atoms with Crippen LogP contribution in [0.3, 0.4) is 0 Å². The zero-order valence-corrected chi connectivity index (χ0v) is 31.3. The van der Waals surface area contributed by atoms with E-state index in [0.717, 1.165) is 28.9 Å². The van der Waals surface area contributed by atoms with Crippen molar-refractivity contribution >= 4 is 39.2 Å². The second-order valence-corrected chi connectivity index (χ2v) is 16.1. The number of rotatable bonds is 13. The van der Waals surface area contributed by atoms with Crippen molar-refractivity contribution in [1.29, 1.82) is 5.26 Å². The number of aromatic carboxylic acids is 1. The minimum Gasteiger partial charge on any atom is -0.492 e. The molecule has 0 aliphatic heterocycles. The molecule has 0 radical (unpaired) electrons. The maximum Gasteiger partial charge on any atom is 0.335 e. The molecule has 284 valence electrons. The molecule has 0 unspecified atom stereocenters. The van der Waals surface area contributed by atoms with Gasteiger partial charge in [-0.1, -0.05) is 68.8 Å². The number of carboxylic acid groups (broad SMARTS) is 1. The van der Waals surface area contributed by atoms with Gasteiger partial charge in [0.2, 0.25) is 15.9 Å². The molecule has 54 heavy (non-hydrogen) atoms. The second-order valence-electron chi connectivity index (χ2n) is 13.8. The molecular weight excluding hydrogens is 750 g/mol. The molecule has 1 N–H and O–H groups in total. The van der Waals surface area contributed by atoms with Crippen LogP contribution in [0, 0.1) is 34.6 Å². The molecule has 0 heterocycles. The van der Waals surface area contributed by atoms with Gasteiger partial charge < -0.3 is 14.7 Å². The number of amides is 1. The summed E-state index contributed by atoms with van der Waals surface area (Å²) in [7, 11) is -5.58. The van der Waals surface area contributed by atoms with Crippen LogP contribution in [0.1, 0.15) is 84.6 Å². The highest BCUT2D eigenvalue weighted by Crippen LogP contribution is 2.42. The van der Waals surface area contributed by atoms with Crippen LogP contribution in [0.4, 0.5) is 23.2 Å². The van der Waals surface area contributed by atoms with Crippen LogP contribution >= 0.6 is 11.6 Å². The minimum absolute atomic E-state index is 0.0187. The van der Waals surface area contributed by atoms with Gasteiger partial charge in [-0.2, -0.15) is 9.57 Å². The number of halogens is 5. The lowest BCUT2D eigenvalue weighted by Crippen LogP contribution is -2.43. The van der Waals surface area contributed by atoms with E-state index in [1.165, 1.54) is 42.5 Å². The van der Waals surface area contributed by atoms with Gasteiger partial charge in [0.05, 0.1) is 42.6 Å². The Bertz CT molecular complexity index is 2260. The van der Waals surface area contributed by atoms with Crippen molar-refractivity contribution in [3.05, 3.63) is 122 Å². The summed E-state index contributed by atoms with van der Waals surface area (Å²) in [6.07, 6.45) is 1.94. The molecule has 1 fully saturated rings. The van der Waals surface area contributed by atoms with Gasteiger partial charge in [-0.25, -0.2) is 30.8 Å². The van der Waals surface area contributed by atoms with Crippen LogP contribution in [0.5, 0.6) is 5.75 Å². The number of benzene rings is 4. The van der Waals surface area contributed by atoms with E-state index < -0.39 is 68.2 Å². The summed E-state index contributed by atoms with van der Waals surface area (Å²) in [5.74, 6) is -11.0. The number of carbonyl (C=O) groups excluding carboxylic acids is 1. The van der Waals surface area contributed by atoms with Gasteiger partial charge in [-0.05, 0) is 77.6 Å². The van der Waals surface area contributed by atoms with Gasteiger partial charge in [0.25, 0.3) is 0 Å². The Morgan fingerprint density at radius 1 is 0.963 bits per heavy atom. The lowest BCUT2D eigenvalue weighted by molar-refractivity contribution is -0.119. The Labute approximate surface area is 315 Å². The molecule has 0 spiro atoms. The maximum atomic E-state index is 15.4. The largest absolute Gasteiger partial charge is 0.492 e. The first-order valence-electron chi connectivity index (χ1n) is 16.8. The minimum atomic E-state index is -5.58. The number of sulfonamides is 1. The zero-order chi connectivity index (χ0) is 39.7. The normalized spacial score (nSPS) is 13.1. The van der Waals surface area contributed by atoms with E-state index in [1.54, 1.807) is 6.92 Å². The van der Waals surface area contributed by atoms with Crippen molar-refractivity contribution < 1.29 is 45.4 Å². The van der Waals surface area contributed by atoms with Crippen molar-refractivity contribution in [2.24, 2.45) is 0 Å². The molecule has 0 aromatic heterocycles. The summed E-state index contributed by atoms with van der Waals surface area (Å²) in [6, 6.07) is 17.2. The smallest absolute Gasteiger partial charge is 0.335 e. The predicted molar refractivity (Wildman–Crippen MR) is 193 cm³/mol. The number of hydrogen-bond donors (Lipinski definition) is 1. The zero-order valence-electron chi connectivity index (χ0n) is 29.7. The maximum absolute atomic E-state index is 15.4. The Morgan fingerprint density at radius 3 is 2.26 bits per heavy atom. The molecule has 1 saturated carbocycles. The topological polar surface area (TPSA) is 128 Å². The predicted octanol–water partition coefficient (Wildman–Crippen LogP) is 8.46. The van der Waals surface area contributed by atoms with Gasteiger partial charge in [-0.3, -0.25) is 4.79 Å². The number of carboxylic acids is 1. The molecule has 1 amide bonds. The molecule has 0 saturated heterocycles. The average molecular weight is 786 g/mol. The van der Waals surface area contributed by atoms with Gasteiger partial charge in [0.1, 0.15) is 10.8 Å². The molecule has 15 heteroatoms. The highest BCUT2D eigenvalue weighted by molar-refractivity contribution is 7.89. The van der Waals surface area contributed by atoms with Crippen LogP contribution < -0.4 is 9.64 Å². The number of anilines is 1. The quantitative estimate of drug-likeness (QED) is 0.0819. The van der Waals surface area contributed by atoms with Gasteiger partial charge >= 0.3 is 5.97 Å². The van der Waals surface area contributed by atoms with Crippen molar-refractivity contribution in [2.45, 2.75) is 69.9 Å². The third kappa shape index (κ3) is 8.38. The van der Waals surface area contributed by atoms with Gasteiger partial charge in [-0.15, -0.1) is 0 Å². The van der Waals surface area contributed by atoms with Crippen LogP contribution in [-0.4, -0.2) is 42.9 Å². The third-order valence-corrected chi connectivity index (χ3v) is 11.1. The van der Waals surface area contributed by atoms with Crippen LogP contribution in [0.25, 0.3) is 0 Å². The number of carbonyl (C=O) groups is 2. The Kier molecular flexibility index (Phi) is 11.8. The molecule has 4 aromatic carbocycles. The first-order chi connectivity index (χ1) is 25.4. The van der Waals surface area contributed by atoms with E-state index >= 15 is 8.78 Å². The standard InChI is InChI=1S/C39H36ClF4N3O6S/c1-5-53-30-17-24(38(49)50)12-13-29(30)47(19-22-14-27(23-10-11-23)16-28(15-22)39(2,3)4)31(48)21-46(20-26-9-7-6-8-25(26)18-45)54(51,52)37-34(42)32(40)33(41)35(43)36(37)44/h6-9,12-17,23H,5,10-11,19-21H2,1-4H3,(H,49,50). The average Bonchev–Trinajstić information content (AvgIpc) is 3.98. The van der Waals surface area contributed by atoms with E-state index in [4.69, 9.17) is 16.3 Å². The molecule has 0 atom stereocenters. The SMILES string of the molecule is CCOc1cc(C(=O)O)ccc1N(Cc1cc(C2CC2)cc(C(C)(C)C)c1)C(=O)CN(Cc1ccccc1C#N)S(=O)(=O)c1c(F)c(F)c(F)c(Cl)c1F. The number of hydrogen-bond acceptors (Lipinski definition) is 6. The Balaban J connectivity index is 1.69. The van der Waals surface area contributed by atoms with Crippen molar-refractivity contribution in [3.8, 4) is 11.8 Å². The highest BCUT2D eigenvalue weighted by atomic mass is 35.5. The summed E-state index contributed by atoms with van der Waals surface area (Å²) in [5, 5.41) is 17.8. The van der Waals surface area contributed by atoms with Crippen molar-refractivity contribution in [1.82, 2.24) is 4.31 Å². The molecule has 5 rings (SSSR count). The van der Waals surface area contributed by atoms with Gasteiger partial charge in [0, 0.05) is 6.54 Å². The number of ether oxygens (including phenoxy) is 1. The number of nitriles is 1. The molecule has 1 aliphatic carbocycles. The van der Waals surface area contributed by atoms with E-state index in [-0.39, 0.29) is 46.7 Å². The van der Waals surface area contributed by atoms with E-state index in [1.807, 2.05) is 39.0 Å². The lowest BCUT2D eigenvalue weighted by Gasteiger charge is -2.30. The van der Waals surface area contributed by atoms with Crippen molar-refractivity contribution in [2.75, 3.05) is 18.1 Å². The van der Waals surface area contributed by atoms with Crippen LogP contribution in [0.15, 0.2) is 65.6 Å². The van der Waals surface area contributed by atoms with Gasteiger partial charge in [0.15, 0.2) is 28.2 Å². The molecule has 4 aromatic rings. The summed E-state index contributed by atoms with van der Waals surface area (Å²) in [6.45, 7) is 5.58. The van der Waals surface area contributed by atoms with Crippen LogP contribution in [0.2, 0.25) is 5.02 Å². The fraction of sp³-hybridized carbons (Fsp3) is 0.308.